The van der Waals surface area contributed by atoms with Gasteiger partial charge in [-0.15, -0.1) is 0 Å². The van der Waals surface area contributed by atoms with Gasteiger partial charge in [0.2, 0.25) is 5.91 Å². The monoisotopic (exact) mass is 413 g/mol. The van der Waals surface area contributed by atoms with Gasteiger partial charge in [-0.3, -0.25) is 4.79 Å². The molecule has 0 aliphatic rings. The summed E-state index contributed by atoms with van der Waals surface area (Å²) in [6.45, 7) is 3.41. The maximum absolute atomic E-state index is 12.4. The van der Waals surface area contributed by atoms with Crippen LogP contribution in [0, 0.1) is 6.92 Å². The van der Waals surface area contributed by atoms with E-state index in [0.29, 0.717) is 19.4 Å². The fraction of sp³-hybridized carbons (Fsp3) is 0.231. The van der Waals surface area contributed by atoms with Crippen LogP contribution in [0.25, 0.3) is 11.0 Å². The highest BCUT2D eigenvalue weighted by Crippen LogP contribution is 2.19. The molecule has 0 aliphatic heterocycles. The Labute approximate surface area is 182 Å². The molecule has 1 aromatic heterocycles. The van der Waals surface area contributed by atoms with Gasteiger partial charge in [0.25, 0.3) is 0 Å². The van der Waals surface area contributed by atoms with Gasteiger partial charge in [0.05, 0.1) is 24.6 Å². The van der Waals surface area contributed by atoms with E-state index in [9.17, 15) is 4.79 Å². The Kier molecular flexibility index (Phi) is 6.32. The highest BCUT2D eigenvalue weighted by molar-refractivity contribution is 5.78. The molecule has 158 valence electrons. The molecule has 0 atom stereocenters. The van der Waals surface area contributed by atoms with E-state index in [1.54, 1.807) is 7.11 Å². The Morgan fingerprint density at radius 3 is 2.58 bits per heavy atom. The molecule has 4 rings (SSSR count). The van der Waals surface area contributed by atoms with Gasteiger partial charge in [-0.2, -0.15) is 0 Å². The van der Waals surface area contributed by atoms with Gasteiger partial charge in [-0.25, -0.2) is 4.98 Å². The minimum absolute atomic E-state index is 0.00603. The molecular formula is C26H27N3O2. The van der Waals surface area contributed by atoms with Gasteiger partial charge in [0.1, 0.15) is 11.6 Å². The summed E-state index contributed by atoms with van der Waals surface area (Å²) in [5.74, 6) is 1.77. The predicted molar refractivity (Wildman–Crippen MR) is 123 cm³/mol. The van der Waals surface area contributed by atoms with E-state index in [-0.39, 0.29) is 5.91 Å². The van der Waals surface area contributed by atoms with Crippen molar-refractivity contribution in [2.75, 3.05) is 13.7 Å². The molecule has 0 aliphatic carbocycles. The van der Waals surface area contributed by atoms with Crippen LogP contribution in [0.5, 0.6) is 5.75 Å². The molecule has 0 bridgehead atoms. The average Bonchev–Trinajstić information content (AvgIpc) is 3.11. The molecule has 0 fully saturated rings. The van der Waals surface area contributed by atoms with Crippen LogP contribution in [-0.2, 0) is 24.2 Å². The quantitative estimate of drug-likeness (QED) is 0.468. The molecule has 0 spiro atoms. The molecule has 1 amide bonds. The SMILES string of the molecule is COc1ccc(CC(=O)NCCc2nc3ccccc3n2Cc2cccc(C)c2)cc1. The summed E-state index contributed by atoms with van der Waals surface area (Å²) in [5.41, 5.74) is 5.55. The second kappa shape index (κ2) is 9.47. The number of para-hydroxylation sites is 2. The number of aryl methyl sites for hydroxylation is 1. The number of carbonyl (C=O) groups excluding carboxylic acids is 1. The number of rotatable bonds is 8. The van der Waals surface area contributed by atoms with E-state index in [2.05, 4.69) is 47.1 Å². The number of hydrogen-bond acceptors (Lipinski definition) is 3. The van der Waals surface area contributed by atoms with Crippen LogP contribution in [0.1, 0.15) is 22.5 Å². The van der Waals surface area contributed by atoms with Crippen LogP contribution < -0.4 is 10.1 Å². The van der Waals surface area contributed by atoms with Crippen molar-refractivity contribution in [3.05, 3.63) is 95.3 Å². The molecule has 0 radical (unpaired) electrons. The number of amides is 1. The minimum Gasteiger partial charge on any atom is -0.497 e. The molecule has 0 saturated carbocycles. The van der Waals surface area contributed by atoms with Crippen LogP contribution in [0.2, 0.25) is 0 Å². The van der Waals surface area contributed by atoms with Crippen LogP contribution >= 0.6 is 0 Å². The fourth-order valence-electron chi connectivity index (χ4n) is 3.79. The zero-order chi connectivity index (χ0) is 21.6. The third-order valence-corrected chi connectivity index (χ3v) is 5.35. The Hall–Kier alpha value is -3.60. The maximum Gasteiger partial charge on any atom is 0.224 e. The number of hydrogen-bond donors (Lipinski definition) is 1. The zero-order valence-corrected chi connectivity index (χ0v) is 18.0. The summed E-state index contributed by atoms with van der Waals surface area (Å²) in [6.07, 6.45) is 1.03. The number of methoxy groups -OCH3 is 1. The maximum atomic E-state index is 12.4. The molecule has 1 heterocycles. The molecule has 4 aromatic rings. The lowest BCUT2D eigenvalue weighted by molar-refractivity contribution is -0.120. The summed E-state index contributed by atoms with van der Waals surface area (Å²) < 4.78 is 7.41. The van der Waals surface area contributed by atoms with E-state index in [0.717, 1.165) is 34.7 Å². The van der Waals surface area contributed by atoms with E-state index < -0.39 is 0 Å². The van der Waals surface area contributed by atoms with E-state index in [4.69, 9.17) is 9.72 Å². The molecule has 0 saturated heterocycles. The fourth-order valence-corrected chi connectivity index (χ4v) is 3.79. The third-order valence-electron chi connectivity index (χ3n) is 5.35. The van der Waals surface area contributed by atoms with Gasteiger partial charge in [-0.1, -0.05) is 54.1 Å². The van der Waals surface area contributed by atoms with Crippen molar-refractivity contribution < 1.29 is 9.53 Å². The van der Waals surface area contributed by atoms with Crippen molar-refractivity contribution in [3.63, 3.8) is 0 Å². The first kappa shape index (κ1) is 20.7. The number of ether oxygens (including phenoxy) is 1. The molecular weight excluding hydrogens is 386 g/mol. The van der Waals surface area contributed by atoms with Crippen LogP contribution in [0.4, 0.5) is 0 Å². The smallest absolute Gasteiger partial charge is 0.224 e. The Morgan fingerprint density at radius 1 is 1.00 bits per heavy atom. The first-order chi connectivity index (χ1) is 15.1. The second-order valence-electron chi connectivity index (χ2n) is 7.72. The predicted octanol–water partition coefficient (Wildman–Crippen LogP) is 4.30. The molecule has 31 heavy (non-hydrogen) atoms. The van der Waals surface area contributed by atoms with Crippen molar-refractivity contribution in [2.24, 2.45) is 0 Å². The van der Waals surface area contributed by atoms with Crippen molar-refractivity contribution in [1.29, 1.82) is 0 Å². The van der Waals surface area contributed by atoms with Crippen molar-refractivity contribution in [3.8, 4) is 5.75 Å². The summed E-state index contributed by atoms with van der Waals surface area (Å²) in [5, 5.41) is 3.03. The summed E-state index contributed by atoms with van der Waals surface area (Å²) in [6, 6.07) is 24.3. The van der Waals surface area contributed by atoms with Crippen molar-refractivity contribution >= 4 is 16.9 Å². The highest BCUT2D eigenvalue weighted by Gasteiger charge is 2.12. The van der Waals surface area contributed by atoms with Crippen LogP contribution in [0.15, 0.2) is 72.8 Å². The molecule has 5 nitrogen and oxygen atoms in total. The molecule has 5 heteroatoms. The first-order valence-electron chi connectivity index (χ1n) is 10.5. The number of imidazole rings is 1. The minimum atomic E-state index is 0.00603. The topological polar surface area (TPSA) is 56.1 Å². The molecule has 0 unspecified atom stereocenters. The highest BCUT2D eigenvalue weighted by atomic mass is 16.5. The van der Waals surface area contributed by atoms with E-state index in [1.165, 1.54) is 11.1 Å². The summed E-state index contributed by atoms with van der Waals surface area (Å²) in [7, 11) is 1.63. The number of aromatic nitrogens is 2. The van der Waals surface area contributed by atoms with Gasteiger partial charge >= 0.3 is 0 Å². The summed E-state index contributed by atoms with van der Waals surface area (Å²) in [4.78, 5) is 17.2. The second-order valence-corrected chi connectivity index (χ2v) is 7.72. The van der Waals surface area contributed by atoms with Crippen LogP contribution in [-0.4, -0.2) is 29.1 Å². The normalized spacial score (nSPS) is 10.9. The Morgan fingerprint density at radius 2 is 1.81 bits per heavy atom. The van der Waals surface area contributed by atoms with E-state index in [1.807, 2.05) is 42.5 Å². The van der Waals surface area contributed by atoms with Crippen molar-refractivity contribution in [1.82, 2.24) is 14.9 Å². The van der Waals surface area contributed by atoms with Crippen LogP contribution in [0.3, 0.4) is 0 Å². The number of benzene rings is 3. The summed E-state index contributed by atoms with van der Waals surface area (Å²) >= 11 is 0. The van der Waals surface area contributed by atoms with Crippen molar-refractivity contribution in [2.45, 2.75) is 26.3 Å². The Bertz CT molecular complexity index is 1180. The van der Waals surface area contributed by atoms with Gasteiger partial charge in [0, 0.05) is 19.5 Å². The lowest BCUT2D eigenvalue weighted by atomic mass is 10.1. The lowest BCUT2D eigenvalue weighted by Gasteiger charge is -2.11. The zero-order valence-electron chi connectivity index (χ0n) is 18.0. The largest absolute Gasteiger partial charge is 0.497 e. The standard InChI is InChI=1S/C26H27N3O2/c1-19-6-5-7-21(16-19)18-29-24-9-4-3-8-23(24)28-25(29)14-15-27-26(30)17-20-10-12-22(31-2)13-11-20/h3-13,16H,14-15,17-18H2,1-2H3,(H,27,30). The Balaban J connectivity index is 1.43. The van der Waals surface area contributed by atoms with Gasteiger partial charge in [-0.05, 0) is 42.3 Å². The van der Waals surface area contributed by atoms with Gasteiger partial charge in [0.15, 0.2) is 0 Å². The number of nitrogens with zero attached hydrogens (tertiary/aromatic N) is 2. The molecule has 1 N–H and O–H groups in total. The lowest BCUT2D eigenvalue weighted by Crippen LogP contribution is -2.28. The van der Waals surface area contributed by atoms with E-state index >= 15 is 0 Å². The number of nitrogens with one attached hydrogen (secondary N) is 1. The number of carbonyl (C=O) groups is 1. The molecule has 3 aromatic carbocycles. The first-order valence-corrected chi connectivity index (χ1v) is 10.5. The average molecular weight is 414 g/mol. The van der Waals surface area contributed by atoms with Gasteiger partial charge < -0.3 is 14.6 Å². The number of fused-ring (bicyclic) bond motifs is 1. The third kappa shape index (κ3) is 5.12.